The molecule has 8 heterocycles. The summed E-state index contributed by atoms with van der Waals surface area (Å²) in [4.78, 5) is 60.2. The normalized spacial score (nSPS) is 17.8. The van der Waals surface area contributed by atoms with Gasteiger partial charge in [0.1, 0.15) is 40.8 Å². The number of urea groups is 1. The predicted octanol–water partition coefficient (Wildman–Crippen LogP) is 7.87. The molecule has 2 saturated carbocycles. The minimum absolute atomic E-state index is 0.0453. The van der Waals surface area contributed by atoms with Crippen LogP contribution in [0.2, 0.25) is 0 Å². The lowest BCUT2D eigenvalue weighted by Gasteiger charge is -2.32. The molecule has 420 valence electrons. The molecule has 0 bridgehead atoms. The Balaban J connectivity index is 0.908. The van der Waals surface area contributed by atoms with Crippen molar-refractivity contribution in [1.82, 2.24) is 64.1 Å². The summed E-state index contributed by atoms with van der Waals surface area (Å²) in [6, 6.07) is 4.41. The fourth-order valence-corrected chi connectivity index (χ4v) is 10.8. The number of halogens is 2. The van der Waals surface area contributed by atoms with E-state index in [1.807, 2.05) is 43.1 Å². The number of aromatic nitrogens is 10. The first-order valence-corrected chi connectivity index (χ1v) is 27.4. The van der Waals surface area contributed by atoms with Crippen LogP contribution in [0.15, 0.2) is 67.8 Å². The first-order valence-electron chi connectivity index (χ1n) is 27.4. The average Bonchev–Trinajstić information content (AvgIpc) is 4.40. The quantitative estimate of drug-likeness (QED) is 0.0439. The number of hydrogen-bond acceptors (Lipinski definition) is 14. The molecule has 21 nitrogen and oxygen atoms in total. The van der Waals surface area contributed by atoms with Gasteiger partial charge < -0.3 is 58.1 Å². The van der Waals surface area contributed by atoms with Crippen LogP contribution in [-0.2, 0) is 33.2 Å². The SMILES string of the molecule is CCOCCOCCOCCN(C)C(=O)N[C@H]1CCC[C@@H](n2cc(-n3cc(-c4ncc5ccn([C@H]6CCC[C@@H](NC(=O)COCCOCCOCC)C6)c5n4)c4cc(F)cnc43)c3cnc(-c4c[nH]c5ncc(F)cc45)nc32)C1. The lowest BCUT2D eigenvalue weighted by molar-refractivity contribution is -0.127. The fourth-order valence-electron chi connectivity index (χ4n) is 10.8. The second-order valence-electron chi connectivity index (χ2n) is 20.0. The van der Waals surface area contributed by atoms with Crippen molar-refractivity contribution in [2.75, 3.05) is 92.9 Å². The van der Waals surface area contributed by atoms with Crippen LogP contribution in [0, 0.1) is 11.6 Å². The lowest BCUT2D eigenvalue weighted by atomic mass is 9.90. The number of amides is 3. The van der Waals surface area contributed by atoms with E-state index in [9.17, 15) is 14.0 Å². The number of nitrogens with zero attached hydrogens (tertiary/aromatic N) is 10. The Labute approximate surface area is 455 Å². The predicted molar refractivity (Wildman–Crippen MR) is 292 cm³/mol. The van der Waals surface area contributed by atoms with Gasteiger partial charge in [-0.05, 0) is 83.4 Å². The van der Waals surface area contributed by atoms with Crippen molar-refractivity contribution in [1.29, 1.82) is 0 Å². The molecule has 0 aliphatic heterocycles. The molecule has 23 heteroatoms. The molecular weight excluding hydrogens is 1020 g/mol. The summed E-state index contributed by atoms with van der Waals surface area (Å²) in [5.41, 5.74) is 4.14. The number of ether oxygens (including phenoxy) is 6. The average molecular weight is 1090 g/mol. The number of hydrogen-bond donors (Lipinski definition) is 3. The maximum atomic E-state index is 15.4. The minimum atomic E-state index is -0.519. The monoisotopic (exact) mass is 1090 g/mol. The van der Waals surface area contributed by atoms with Gasteiger partial charge in [0.15, 0.2) is 11.6 Å². The number of pyridine rings is 2. The Morgan fingerprint density at radius 3 is 2.01 bits per heavy atom. The van der Waals surface area contributed by atoms with Gasteiger partial charge in [0.25, 0.3) is 0 Å². The summed E-state index contributed by atoms with van der Waals surface area (Å²) in [6.45, 7) is 9.48. The first-order chi connectivity index (χ1) is 38.6. The van der Waals surface area contributed by atoms with E-state index >= 15 is 4.39 Å². The van der Waals surface area contributed by atoms with E-state index in [0.29, 0.717) is 154 Å². The Morgan fingerprint density at radius 1 is 0.658 bits per heavy atom. The number of likely N-dealkylation sites (N-methyl/N-ethyl adjacent to an activating group) is 1. The first kappa shape index (κ1) is 55.3. The molecule has 79 heavy (non-hydrogen) atoms. The van der Waals surface area contributed by atoms with Gasteiger partial charge in [-0.15, -0.1) is 0 Å². The van der Waals surface area contributed by atoms with E-state index in [1.165, 1.54) is 18.3 Å². The van der Waals surface area contributed by atoms with Crippen molar-refractivity contribution >= 4 is 56.1 Å². The second-order valence-corrected chi connectivity index (χ2v) is 20.0. The van der Waals surface area contributed by atoms with Crippen molar-refractivity contribution in [2.45, 2.75) is 89.4 Å². The van der Waals surface area contributed by atoms with E-state index in [4.69, 9.17) is 48.4 Å². The molecular formula is C56H69F2N13O8. The van der Waals surface area contributed by atoms with Gasteiger partial charge >= 0.3 is 6.03 Å². The molecule has 0 radical (unpaired) electrons. The van der Waals surface area contributed by atoms with Crippen molar-refractivity contribution in [3.8, 4) is 28.5 Å². The van der Waals surface area contributed by atoms with Gasteiger partial charge in [-0.1, -0.05) is 0 Å². The third kappa shape index (κ3) is 13.2. The van der Waals surface area contributed by atoms with Crippen molar-refractivity contribution in [2.24, 2.45) is 0 Å². The third-order valence-corrected chi connectivity index (χ3v) is 14.7. The molecule has 3 amide bonds. The number of carbonyl (C=O) groups excluding carboxylic acids is 2. The summed E-state index contributed by atoms with van der Waals surface area (Å²) >= 11 is 0. The number of H-pyrrole nitrogens is 1. The van der Waals surface area contributed by atoms with Crippen molar-refractivity contribution in [3.05, 3.63) is 79.4 Å². The lowest BCUT2D eigenvalue weighted by Crippen LogP contribution is -2.46. The standard InChI is InChI=1S/C56H69F2N13O8/c1-4-74-16-18-77-21-20-76-15-14-68(3)56(73)65-40-9-7-11-42(27-40)70-34-48(46-32-62-51(67-55(46)70)45-31-61-50-43(45)24-37(57)29-60-50)71-33-47(44-25-38(58)30-63-54(44)71)52-59-28-36-12-13-69(53(36)66-52)41-10-6-8-39(26-41)64-49(72)35-79-23-22-78-19-17-75-5-2/h12-13,24-25,28-34,39-42H,4-11,14-23,26-27,35H2,1-3H3,(H,60,61)(H,64,72)(H,65,73)/t39-,40+,41+,42-/m1/s1. The van der Waals surface area contributed by atoms with Crippen LogP contribution in [-0.4, -0.2) is 170 Å². The zero-order valence-electron chi connectivity index (χ0n) is 45.0. The van der Waals surface area contributed by atoms with E-state index in [1.54, 1.807) is 30.5 Å². The molecule has 2 aliphatic rings. The number of fused-ring (bicyclic) bond motifs is 4. The Bertz CT molecular complexity index is 3340. The molecule has 8 aromatic heterocycles. The van der Waals surface area contributed by atoms with Crippen LogP contribution >= 0.6 is 0 Å². The summed E-state index contributed by atoms with van der Waals surface area (Å²) in [5, 5.41) is 9.01. The van der Waals surface area contributed by atoms with E-state index < -0.39 is 11.6 Å². The fraction of sp³-hybridized carbons (Fsp3) is 0.500. The molecule has 10 rings (SSSR count). The molecule has 0 spiro atoms. The van der Waals surface area contributed by atoms with Gasteiger partial charge in [-0.3, -0.25) is 9.36 Å². The van der Waals surface area contributed by atoms with Crippen LogP contribution in [0.5, 0.6) is 0 Å². The number of nitrogens with one attached hydrogen (secondary N) is 3. The number of aromatic amines is 1. The van der Waals surface area contributed by atoms with Crippen LogP contribution in [0.3, 0.4) is 0 Å². The Morgan fingerprint density at radius 2 is 1.28 bits per heavy atom. The van der Waals surface area contributed by atoms with Crippen molar-refractivity contribution < 1.29 is 46.8 Å². The zero-order valence-corrected chi connectivity index (χ0v) is 45.0. The smallest absolute Gasteiger partial charge is 0.317 e. The molecule has 3 N–H and O–H groups in total. The molecule has 8 aromatic rings. The molecule has 0 saturated heterocycles. The number of rotatable bonds is 26. The molecule has 4 atom stereocenters. The topological polar surface area (TPSA) is 225 Å². The van der Waals surface area contributed by atoms with Crippen LogP contribution in [0.25, 0.3) is 72.6 Å². The molecule has 2 fully saturated rings. The third-order valence-electron chi connectivity index (χ3n) is 14.7. The Hall–Kier alpha value is -7.02. The highest BCUT2D eigenvalue weighted by molar-refractivity contribution is 5.98. The largest absolute Gasteiger partial charge is 0.379 e. The maximum Gasteiger partial charge on any atom is 0.317 e. The highest BCUT2D eigenvalue weighted by Gasteiger charge is 2.30. The minimum Gasteiger partial charge on any atom is -0.379 e. The van der Waals surface area contributed by atoms with Crippen LogP contribution in [0.4, 0.5) is 13.6 Å². The highest BCUT2D eigenvalue weighted by atomic mass is 19.1. The summed E-state index contributed by atoms with van der Waals surface area (Å²) in [7, 11) is 1.75. The summed E-state index contributed by atoms with van der Waals surface area (Å²) in [6.07, 6.45) is 19.9. The van der Waals surface area contributed by atoms with Gasteiger partial charge in [-0.2, -0.15) is 0 Å². The zero-order chi connectivity index (χ0) is 54.7. The summed E-state index contributed by atoms with van der Waals surface area (Å²) in [5.74, 6) is -0.420. The van der Waals surface area contributed by atoms with E-state index in [-0.39, 0.29) is 42.7 Å². The molecule has 2 aliphatic carbocycles. The van der Waals surface area contributed by atoms with Crippen LogP contribution < -0.4 is 10.6 Å². The van der Waals surface area contributed by atoms with E-state index in [2.05, 4.69) is 34.7 Å². The Kier molecular flexibility index (Phi) is 18.4. The van der Waals surface area contributed by atoms with Crippen molar-refractivity contribution in [3.63, 3.8) is 0 Å². The van der Waals surface area contributed by atoms with Gasteiger partial charge in [0, 0.05) is 115 Å². The number of carbonyl (C=O) groups is 2. The van der Waals surface area contributed by atoms with Gasteiger partial charge in [-0.25, -0.2) is 43.5 Å². The maximum absolute atomic E-state index is 15.4. The summed E-state index contributed by atoms with van der Waals surface area (Å²) < 4.78 is 69.2. The highest BCUT2D eigenvalue weighted by Crippen LogP contribution is 2.39. The van der Waals surface area contributed by atoms with Crippen LogP contribution in [0.1, 0.15) is 77.3 Å². The van der Waals surface area contributed by atoms with Gasteiger partial charge in [0.2, 0.25) is 5.91 Å². The van der Waals surface area contributed by atoms with E-state index in [0.717, 1.165) is 55.8 Å². The van der Waals surface area contributed by atoms with Gasteiger partial charge in [0.05, 0.1) is 82.9 Å². The molecule has 0 aromatic carbocycles. The molecule has 0 unspecified atom stereocenters. The second kappa shape index (κ2) is 26.3.